The highest BCUT2D eigenvalue weighted by molar-refractivity contribution is 6.06. The van der Waals surface area contributed by atoms with Crippen LogP contribution < -0.4 is 0 Å². The first-order chi connectivity index (χ1) is 13.2. The second kappa shape index (κ2) is 7.42. The number of ketones is 1. The highest BCUT2D eigenvalue weighted by Gasteiger charge is 2.09. The van der Waals surface area contributed by atoms with Crippen LogP contribution in [0, 0.1) is 6.92 Å². The summed E-state index contributed by atoms with van der Waals surface area (Å²) in [6, 6.07) is 25.9. The minimum absolute atomic E-state index is 0.0201. The molecule has 0 spiro atoms. The van der Waals surface area contributed by atoms with E-state index in [0.29, 0.717) is 12.1 Å². The van der Waals surface area contributed by atoms with Gasteiger partial charge in [-0.1, -0.05) is 72.3 Å². The summed E-state index contributed by atoms with van der Waals surface area (Å²) in [4.78, 5) is 17.2. The van der Waals surface area contributed by atoms with Crippen LogP contribution in [0.25, 0.3) is 17.1 Å². The first kappa shape index (κ1) is 17.0. The van der Waals surface area contributed by atoms with Gasteiger partial charge in [-0.15, -0.1) is 0 Å². The fourth-order valence-electron chi connectivity index (χ4n) is 3.12. The molecule has 0 aliphatic carbocycles. The van der Waals surface area contributed by atoms with E-state index in [1.54, 1.807) is 6.08 Å². The Morgan fingerprint density at radius 1 is 0.926 bits per heavy atom. The quantitative estimate of drug-likeness (QED) is 0.361. The summed E-state index contributed by atoms with van der Waals surface area (Å²) in [5, 5.41) is 0. The monoisotopic (exact) mass is 352 g/mol. The molecule has 132 valence electrons. The number of allylic oxidation sites excluding steroid dienone is 1. The second-order valence-corrected chi connectivity index (χ2v) is 6.59. The minimum atomic E-state index is -0.0201. The molecule has 0 amide bonds. The van der Waals surface area contributed by atoms with E-state index in [9.17, 15) is 4.79 Å². The lowest BCUT2D eigenvalue weighted by Gasteiger charge is -2.07. The molecule has 4 rings (SSSR count). The van der Waals surface area contributed by atoms with Crippen LogP contribution in [-0.4, -0.2) is 15.3 Å². The number of carbonyl (C=O) groups excluding carboxylic acids is 1. The van der Waals surface area contributed by atoms with Gasteiger partial charge in [-0.2, -0.15) is 0 Å². The maximum atomic E-state index is 12.5. The fourth-order valence-corrected chi connectivity index (χ4v) is 3.12. The Hall–Kier alpha value is -3.46. The van der Waals surface area contributed by atoms with Crippen molar-refractivity contribution < 1.29 is 4.79 Å². The summed E-state index contributed by atoms with van der Waals surface area (Å²) in [6.07, 6.45) is 3.42. The van der Waals surface area contributed by atoms with Crippen LogP contribution in [0.15, 0.2) is 84.9 Å². The number of fused-ring (bicyclic) bond motifs is 1. The van der Waals surface area contributed by atoms with Crippen molar-refractivity contribution >= 4 is 22.9 Å². The Morgan fingerprint density at radius 2 is 1.63 bits per heavy atom. The van der Waals surface area contributed by atoms with Crippen LogP contribution in [0.2, 0.25) is 0 Å². The van der Waals surface area contributed by atoms with Crippen LogP contribution in [0.4, 0.5) is 0 Å². The van der Waals surface area contributed by atoms with Gasteiger partial charge in [0.25, 0.3) is 0 Å². The van der Waals surface area contributed by atoms with Crippen LogP contribution in [0.1, 0.15) is 27.3 Å². The minimum Gasteiger partial charge on any atom is -0.320 e. The number of carbonyl (C=O) groups is 1. The van der Waals surface area contributed by atoms with E-state index in [1.165, 1.54) is 5.56 Å². The van der Waals surface area contributed by atoms with E-state index in [4.69, 9.17) is 4.98 Å². The predicted octanol–water partition coefficient (Wildman–Crippen LogP) is 5.29. The molecule has 0 saturated carbocycles. The van der Waals surface area contributed by atoms with Gasteiger partial charge in [0.15, 0.2) is 5.78 Å². The van der Waals surface area contributed by atoms with Crippen molar-refractivity contribution in [2.75, 3.05) is 0 Å². The lowest BCUT2D eigenvalue weighted by atomic mass is 10.1. The molecule has 0 N–H and O–H groups in total. The smallest absolute Gasteiger partial charge is 0.185 e. The first-order valence-corrected chi connectivity index (χ1v) is 8.99. The molecule has 3 nitrogen and oxygen atoms in total. The fraction of sp³-hybridized carbons (Fsp3) is 0.0833. The van der Waals surface area contributed by atoms with Crippen molar-refractivity contribution in [3.63, 3.8) is 0 Å². The molecule has 0 radical (unpaired) electrons. The number of aromatic nitrogens is 2. The van der Waals surface area contributed by atoms with Crippen molar-refractivity contribution in [1.29, 1.82) is 0 Å². The van der Waals surface area contributed by atoms with Gasteiger partial charge in [-0.25, -0.2) is 4.98 Å². The van der Waals surface area contributed by atoms with Crippen LogP contribution in [-0.2, 0) is 6.54 Å². The Morgan fingerprint density at radius 3 is 2.41 bits per heavy atom. The van der Waals surface area contributed by atoms with Gasteiger partial charge in [-0.05, 0) is 36.8 Å². The highest BCUT2D eigenvalue weighted by Crippen LogP contribution is 2.19. The maximum absolute atomic E-state index is 12.5. The molecule has 1 aromatic heterocycles. The van der Waals surface area contributed by atoms with Crippen LogP contribution >= 0.6 is 0 Å². The molecule has 0 atom stereocenters. The van der Waals surface area contributed by atoms with Gasteiger partial charge < -0.3 is 4.57 Å². The molecule has 3 heteroatoms. The molecule has 0 bridgehead atoms. The molecule has 1 heterocycles. The summed E-state index contributed by atoms with van der Waals surface area (Å²) >= 11 is 0. The third-order valence-corrected chi connectivity index (χ3v) is 4.59. The highest BCUT2D eigenvalue weighted by atomic mass is 16.1. The lowest BCUT2D eigenvalue weighted by molar-refractivity contribution is 0.104. The second-order valence-electron chi connectivity index (χ2n) is 6.59. The summed E-state index contributed by atoms with van der Waals surface area (Å²) < 4.78 is 2.14. The SMILES string of the molecule is Cc1ccc(C(=O)C=Cc2nc3ccccc3n2Cc2ccccc2)cc1. The number of imidazole rings is 1. The van der Waals surface area contributed by atoms with Gasteiger partial charge in [-0.3, -0.25) is 4.79 Å². The van der Waals surface area contributed by atoms with Crippen molar-refractivity contribution in [1.82, 2.24) is 9.55 Å². The normalized spacial score (nSPS) is 11.3. The predicted molar refractivity (Wildman–Crippen MR) is 110 cm³/mol. The molecule has 0 aliphatic rings. The number of aryl methyl sites for hydroxylation is 1. The summed E-state index contributed by atoms with van der Waals surface area (Å²) in [7, 11) is 0. The first-order valence-electron chi connectivity index (χ1n) is 8.99. The molecule has 0 aliphatic heterocycles. The molecule has 3 aromatic carbocycles. The van der Waals surface area contributed by atoms with Gasteiger partial charge in [0, 0.05) is 12.1 Å². The lowest BCUT2D eigenvalue weighted by Crippen LogP contribution is -2.02. The van der Waals surface area contributed by atoms with Gasteiger partial charge in [0.1, 0.15) is 5.82 Å². The molecule has 4 aromatic rings. The van der Waals surface area contributed by atoms with E-state index < -0.39 is 0 Å². The third kappa shape index (κ3) is 3.72. The Balaban J connectivity index is 1.69. The molecule has 0 fully saturated rings. The summed E-state index contributed by atoms with van der Waals surface area (Å²) in [5.41, 5.74) is 5.00. The van der Waals surface area contributed by atoms with Crippen molar-refractivity contribution in [2.24, 2.45) is 0 Å². The van der Waals surface area contributed by atoms with Crippen molar-refractivity contribution in [3.05, 3.63) is 107 Å². The average molecular weight is 352 g/mol. The zero-order valence-corrected chi connectivity index (χ0v) is 15.2. The standard InChI is InChI=1S/C24H20N2O/c1-18-11-13-20(14-12-18)23(27)15-16-24-25-21-9-5-6-10-22(21)26(24)17-19-7-3-2-4-8-19/h2-16H,17H2,1H3. The largest absolute Gasteiger partial charge is 0.320 e. The van der Waals surface area contributed by atoms with Gasteiger partial charge in [0.2, 0.25) is 0 Å². The average Bonchev–Trinajstić information content (AvgIpc) is 3.05. The number of para-hydroxylation sites is 2. The van der Waals surface area contributed by atoms with Crippen molar-refractivity contribution in [2.45, 2.75) is 13.5 Å². The molecule has 27 heavy (non-hydrogen) atoms. The number of nitrogens with zero attached hydrogens (tertiary/aromatic N) is 2. The van der Waals surface area contributed by atoms with E-state index in [2.05, 4.69) is 22.8 Å². The van der Waals surface area contributed by atoms with Gasteiger partial charge in [0.05, 0.1) is 11.0 Å². The van der Waals surface area contributed by atoms with Crippen LogP contribution in [0.3, 0.4) is 0 Å². The number of hydrogen-bond acceptors (Lipinski definition) is 2. The molecule has 0 saturated heterocycles. The Kier molecular flexibility index (Phi) is 4.67. The Labute approximate surface area is 158 Å². The molecular formula is C24H20N2O. The zero-order valence-electron chi connectivity index (χ0n) is 15.2. The number of benzene rings is 3. The summed E-state index contributed by atoms with van der Waals surface area (Å²) in [6.45, 7) is 2.72. The summed E-state index contributed by atoms with van der Waals surface area (Å²) in [5.74, 6) is 0.758. The number of hydrogen-bond donors (Lipinski definition) is 0. The van der Waals surface area contributed by atoms with Crippen molar-refractivity contribution in [3.8, 4) is 0 Å². The molecule has 0 unspecified atom stereocenters. The zero-order chi connectivity index (χ0) is 18.6. The van der Waals surface area contributed by atoms with E-state index in [1.807, 2.05) is 73.7 Å². The van der Waals surface area contributed by atoms with E-state index in [-0.39, 0.29) is 5.78 Å². The number of rotatable bonds is 5. The van der Waals surface area contributed by atoms with Crippen LogP contribution in [0.5, 0.6) is 0 Å². The van der Waals surface area contributed by atoms with Gasteiger partial charge >= 0.3 is 0 Å². The topological polar surface area (TPSA) is 34.9 Å². The maximum Gasteiger partial charge on any atom is 0.185 e. The van der Waals surface area contributed by atoms with E-state index >= 15 is 0 Å². The van der Waals surface area contributed by atoms with E-state index in [0.717, 1.165) is 22.4 Å². The molecular weight excluding hydrogens is 332 g/mol. The third-order valence-electron chi connectivity index (χ3n) is 4.59. The Bertz CT molecular complexity index is 1110.